The van der Waals surface area contributed by atoms with Gasteiger partial charge in [0.1, 0.15) is 5.69 Å². The van der Waals surface area contributed by atoms with E-state index in [1.165, 1.54) is 0 Å². The van der Waals surface area contributed by atoms with Gasteiger partial charge in [0.25, 0.3) is 0 Å². The van der Waals surface area contributed by atoms with Crippen LogP contribution in [0.2, 0.25) is 0 Å². The number of Topliss-reactive ketones (excluding diaryl/α,β-unsaturated/α-hetero) is 1. The highest BCUT2D eigenvalue weighted by Gasteiger charge is 2.24. The van der Waals surface area contributed by atoms with E-state index in [0.717, 1.165) is 42.2 Å². The van der Waals surface area contributed by atoms with E-state index in [1.807, 2.05) is 25.3 Å². The Bertz CT molecular complexity index is 1270. The fraction of sp³-hybridized carbons (Fsp3) is 0.364. The van der Waals surface area contributed by atoms with Crippen molar-refractivity contribution >= 4 is 17.4 Å². The van der Waals surface area contributed by atoms with Gasteiger partial charge in [-0.25, -0.2) is 9.50 Å². The van der Waals surface area contributed by atoms with Crippen LogP contribution in [0.15, 0.2) is 36.9 Å². The van der Waals surface area contributed by atoms with Gasteiger partial charge in [0.05, 0.1) is 29.3 Å². The zero-order valence-corrected chi connectivity index (χ0v) is 17.9. The molecule has 1 saturated heterocycles. The second-order valence-corrected chi connectivity index (χ2v) is 8.11. The lowest BCUT2D eigenvalue weighted by atomic mass is 10.0. The van der Waals surface area contributed by atoms with Gasteiger partial charge in [-0.1, -0.05) is 0 Å². The number of nitrogens with zero attached hydrogens (tertiary/aromatic N) is 8. The van der Waals surface area contributed by atoms with Crippen LogP contribution in [0, 0.1) is 6.92 Å². The third-order valence-corrected chi connectivity index (χ3v) is 5.80. The number of carbonyl (C=O) groups excluding carboxylic acids is 1. The molecule has 0 bridgehead atoms. The normalized spacial score (nSPS) is 16.4. The number of anilines is 1. The van der Waals surface area contributed by atoms with Crippen molar-refractivity contribution in [2.75, 3.05) is 11.4 Å². The minimum Gasteiger partial charge on any atom is -0.337 e. The molecular weight excluding hydrogens is 392 g/mol. The van der Waals surface area contributed by atoms with E-state index >= 15 is 0 Å². The molecule has 1 aliphatic rings. The molecule has 9 heteroatoms. The first-order valence-corrected chi connectivity index (χ1v) is 10.5. The highest BCUT2D eigenvalue weighted by molar-refractivity contribution is 6.01. The Balaban J connectivity index is 1.43. The number of hydrogen-bond donors (Lipinski definition) is 0. The lowest BCUT2D eigenvalue weighted by Gasteiger charge is -2.18. The van der Waals surface area contributed by atoms with E-state index in [-0.39, 0.29) is 12.2 Å². The maximum Gasteiger partial charge on any atom is 0.245 e. The zero-order chi connectivity index (χ0) is 21.5. The van der Waals surface area contributed by atoms with Crippen LogP contribution in [0.4, 0.5) is 5.95 Å². The number of fused-ring (bicyclic) bond motifs is 1. The van der Waals surface area contributed by atoms with Crippen molar-refractivity contribution in [3.63, 3.8) is 0 Å². The number of carbonyl (C=O) groups is 1. The summed E-state index contributed by atoms with van der Waals surface area (Å²) in [4.78, 5) is 28.8. The van der Waals surface area contributed by atoms with Crippen molar-refractivity contribution in [3.05, 3.63) is 53.9 Å². The van der Waals surface area contributed by atoms with Crippen LogP contribution in [-0.4, -0.2) is 52.7 Å². The molecule has 4 aromatic rings. The molecular formula is C22H24N8O. The van der Waals surface area contributed by atoms with E-state index in [9.17, 15) is 4.79 Å². The Hall–Kier alpha value is -3.62. The first-order valence-electron chi connectivity index (χ1n) is 10.5. The summed E-state index contributed by atoms with van der Waals surface area (Å²) in [7, 11) is 1.77. The summed E-state index contributed by atoms with van der Waals surface area (Å²) < 4.78 is 3.37. The first kappa shape index (κ1) is 19.3. The van der Waals surface area contributed by atoms with Gasteiger partial charge in [-0.2, -0.15) is 10.1 Å². The number of aromatic nitrogens is 7. The maximum absolute atomic E-state index is 13.2. The number of hydrogen-bond acceptors (Lipinski definition) is 7. The second-order valence-electron chi connectivity index (χ2n) is 8.11. The Kier molecular flexibility index (Phi) is 4.72. The highest BCUT2D eigenvalue weighted by Crippen LogP contribution is 2.24. The van der Waals surface area contributed by atoms with E-state index in [2.05, 4.69) is 32.0 Å². The minimum absolute atomic E-state index is 0.0319. The second kappa shape index (κ2) is 7.57. The molecule has 0 saturated carbocycles. The van der Waals surface area contributed by atoms with Crippen molar-refractivity contribution in [3.8, 4) is 11.3 Å². The molecule has 9 nitrogen and oxygen atoms in total. The lowest BCUT2D eigenvalue weighted by molar-refractivity contribution is 0.0984. The fourth-order valence-electron chi connectivity index (χ4n) is 4.19. The molecule has 1 aliphatic heterocycles. The average molecular weight is 416 g/mol. The quantitative estimate of drug-likeness (QED) is 0.462. The summed E-state index contributed by atoms with van der Waals surface area (Å²) in [5, 5.41) is 8.89. The van der Waals surface area contributed by atoms with Gasteiger partial charge >= 0.3 is 0 Å². The average Bonchev–Trinajstić information content (AvgIpc) is 3.45. The van der Waals surface area contributed by atoms with E-state index in [4.69, 9.17) is 4.98 Å². The van der Waals surface area contributed by atoms with Gasteiger partial charge in [0.15, 0.2) is 11.4 Å². The number of ketones is 1. The zero-order valence-electron chi connectivity index (χ0n) is 17.9. The summed E-state index contributed by atoms with van der Waals surface area (Å²) in [6.07, 6.45) is 9.44. The third-order valence-electron chi connectivity index (χ3n) is 5.80. The van der Waals surface area contributed by atoms with Crippen LogP contribution >= 0.6 is 0 Å². The molecule has 1 atom stereocenters. The summed E-state index contributed by atoms with van der Waals surface area (Å²) in [6, 6.07) is 4.29. The van der Waals surface area contributed by atoms with Crippen molar-refractivity contribution in [2.24, 2.45) is 7.05 Å². The first-order chi connectivity index (χ1) is 15.0. The molecule has 31 heavy (non-hydrogen) atoms. The number of rotatable bonds is 5. The summed E-state index contributed by atoms with van der Waals surface area (Å²) in [5.41, 5.74) is 4.28. The predicted molar refractivity (Wildman–Crippen MR) is 116 cm³/mol. The van der Waals surface area contributed by atoms with E-state index in [1.54, 1.807) is 34.8 Å². The predicted octanol–water partition coefficient (Wildman–Crippen LogP) is 2.64. The van der Waals surface area contributed by atoms with Crippen molar-refractivity contribution < 1.29 is 4.79 Å². The van der Waals surface area contributed by atoms with Gasteiger partial charge in [-0.3, -0.25) is 14.5 Å². The van der Waals surface area contributed by atoms with Crippen LogP contribution < -0.4 is 4.90 Å². The maximum atomic E-state index is 13.2. The van der Waals surface area contributed by atoms with Crippen LogP contribution in [0.5, 0.6) is 0 Å². The number of aryl methyl sites for hydroxylation is 2. The van der Waals surface area contributed by atoms with Gasteiger partial charge in [0, 0.05) is 38.4 Å². The number of pyridine rings is 1. The standard InChI is InChI=1S/C22H24N8O/c1-14-11-23-13-18(25-14)17-12-24-28(3)21(17)19(31)9-16-6-8-30-20(10-16)26-22(27-30)29-7-4-5-15(29)2/h6,8,10-13,15H,4-5,7,9H2,1-3H3/t15-/m0/s1. The molecule has 0 N–H and O–H groups in total. The van der Waals surface area contributed by atoms with Crippen molar-refractivity contribution in [1.29, 1.82) is 0 Å². The monoisotopic (exact) mass is 416 g/mol. The van der Waals surface area contributed by atoms with Gasteiger partial charge in [-0.05, 0) is 44.4 Å². The van der Waals surface area contributed by atoms with Gasteiger partial charge < -0.3 is 4.90 Å². The summed E-state index contributed by atoms with van der Waals surface area (Å²) in [6.45, 7) is 5.06. The van der Waals surface area contributed by atoms with E-state index in [0.29, 0.717) is 23.0 Å². The third kappa shape index (κ3) is 3.56. The summed E-state index contributed by atoms with van der Waals surface area (Å²) in [5.74, 6) is 0.718. The SMILES string of the molecule is Cc1cncc(-c2cnn(C)c2C(=O)Cc2ccn3nc(N4CCC[C@@H]4C)nc3c2)n1. The van der Waals surface area contributed by atoms with Crippen LogP contribution in [0.1, 0.15) is 41.5 Å². The Morgan fingerprint density at radius 2 is 2.10 bits per heavy atom. The largest absolute Gasteiger partial charge is 0.337 e. The molecule has 0 spiro atoms. The van der Waals surface area contributed by atoms with Gasteiger partial charge in [0.2, 0.25) is 5.95 Å². The van der Waals surface area contributed by atoms with E-state index < -0.39 is 0 Å². The van der Waals surface area contributed by atoms with Gasteiger partial charge in [-0.15, -0.1) is 5.10 Å². The minimum atomic E-state index is -0.0319. The molecule has 5 rings (SSSR count). The van der Waals surface area contributed by atoms with Crippen molar-refractivity contribution in [1.82, 2.24) is 34.3 Å². The molecule has 5 heterocycles. The van der Waals surface area contributed by atoms with Crippen LogP contribution in [0.3, 0.4) is 0 Å². The highest BCUT2D eigenvalue weighted by atomic mass is 16.1. The van der Waals surface area contributed by atoms with Crippen LogP contribution in [-0.2, 0) is 13.5 Å². The molecule has 0 radical (unpaired) electrons. The molecule has 1 fully saturated rings. The van der Waals surface area contributed by atoms with Crippen molar-refractivity contribution in [2.45, 2.75) is 39.2 Å². The molecule has 0 aliphatic carbocycles. The summed E-state index contributed by atoms with van der Waals surface area (Å²) >= 11 is 0. The Morgan fingerprint density at radius 1 is 1.23 bits per heavy atom. The Morgan fingerprint density at radius 3 is 2.87 bits per heavy atom. The Labute approximate surface area is 179 Å². The van der Waals surface area contributed by atoms with Crippen LogP contribution in [0.25, 0.3) is 16.9 Å². The molecule has 4 aromatic heterocycles. The smallest absolute Gasteiger partial charge is 0.245 e. The fourth-order valence-corrected chi connectivity index (χ4v) is 4.19. The molecule has 158 valence electrons. The molecule has 0 amide bonds. The molecule has 0 unspecified atom stereocenters. The lowest BCUT2D eigenvalue weighted by Crippen LogP contribution is -2.27. The topological polar surface area (TPSA) is 94.1 Å². The molecule has 0 aromatic carbocycles.